The van der Waals surface area contributed by atoms with Crippen LogP contribution in [-0.4, -0.2) is 51.1 Å². The third-order valence-electron chi connectivity index (χ3n) is 5.26. The number of hydrogen-bond acceptors (Lipinski definition) is 5. The molecule has 2 atom stereocenters. The fourth-order valence-corrected chi connectivity index (χ4v) is 3.84. The molecule has 0 amide bonds. The van der Waals surface area contributed by atoms with Crippen molar-refractivity contribution in [2.24, 2.45) is 0 Å². The first kappa shape index (κ1) is 24.6. The average Bonchev–Trinajstić information content (AvgIpc) is 3.29. The van der Waals surface area contributed by atoms with Gasteiger partial charge >= 0.3 is 0 Å². The Kier molecular flexibility index (Phi) is 8.59. The van der Waals surface area contributed by atoms with Crippen molar-refractivity contribution in [3.63, 3.8) is 0 Å². The molecule has 3 rings (SSSR count). The van der Waals surface area contributed by atoms with Gasteiger partial charge in [-0.05, 0) is 51.3 Å². The molecule has 1 aromatic heterocycles. The maximum atomic E-state index is 10.1. The summed E-state index contributed by atoms with van der Waals surface area (Å²) >= 11 is 9.18. The van der Waals surface area contributed by atoms with Crippen molar-refractivity contribution in [1.82, 2.24) is 9.55 Å². The standard InChI is InChI=1S/C24H28BrClN2O4/c1-24(2,18-5-8-23(22(25)11-18)32-14-19(29)12-26)17-3-6-21(7-4-17)31-15-20(30)13-28-10-9-27-16-28/h3-11,16,19-20,29-30H,12-15H2,1-2H3/t19-,20+/m0/s1. The second-order valence-corrected chi connectivity index (χ2v) is 9.30. The smallest absolute Gasteiger partial charge is 0.133 e. The van der Waals surface area contributed by atoms with Gasteiger partial charge in [0.25, 0.3) is 0 Å². The third-order valence-corrected chi connectivity index (χ3v) is 6.24. The molecule has 0 aliphatic carbocycles. The van der Waals surface area contributed by atoms with Crippen molar-refractivity contribution in [3.05, 3.63) is 76.8 Å². The van der Waals surface area contributed by atoms with Crippen LogP contribution in [0.25, 0.3) is 0 Å². The molecule has 0 saturated carbocycles. The molecule has 32 heavy (non-hydrogen) atoms. The lowest BCUT2D eigenvalue weighted by Crippen LogP contribution is -2.23. The van der Waals surface area contributed by atoms with Gasteiger partial charge in [-0.15, -0.1) is 11.6 Å². The van der Waals surface area contributed by atoms with Crippen molar-refractivity contribution < 1.29 is 19.7 Å². The Hall–Kier alpha value is -2.06. The first-order valence-corrected chi connectivity index (χ1v) is 11.7. The Morgan fingerprint density at radius 2 is 1.72 bits per heavy atom. The number of imidazole rings is 1. The van der Waals surface area contributed by atoms with Crippen molar-refractivity contribution in [1.29, 1.82) is 0 Å². The number of alkyl halides is 1. The summed E-state index contributed by atoms with van der Waals surface area (Å²) in [6, 6.07) is 13.8. The van der Waals surface area contributed by atoms with Gasteiger partial charge in [0.1, 0.15) is 36.9 Å². The Labute approximate surface area is 201 Å². The van der Waals surface area contributed by atoms with Gasteiger partial charge < -0.3 is 24.3 Å². The molecule has 172 valence electrons. The van der Waals surface area contributed by atoms with Crippen LogP contribution in [0.2, 0.25) is 0 Å². The summed E-state index contributed by atoms with van der Waals surface area (Å²) in [4.78, 5) is 3.97. The molecular weight excluding hydrogens is 496 g/mol. The molecule has 0 spiro atoms. The van der Waals surface area contributed by atoms with Gasteiger partial charge in [-0.25, -0.2) is 4.98 Å². The minimum Gasteiger partial charge on any atom is -0.491 e. The van der Waals surface area contributed by atoms with Gasteiger partial charge in [-0.3, -0.25) is 0 Å². The maximum Gasteiger partial charge on any atom is 0.133 e. The summed E-state index contributed by atoms with van der Waals surface area (Å²) in [6.07, 6.45) is 3.83. The van der Waals surface area contributed by atoms with Crippen LogP contribution in [0, 0.1) is 0 Å². The molecule has 6 nitrogen and oxygen atoms in total. The predicted octanol–water partition coefficient (Wildman–Crippen LogP) is 4.39. The summed E-state index contributed by atoms with van der Waals surface area (Å²) in [5.74, 6) is 1.50. The predicted molar refractivity (Wildman–Crippen MR) is 129 cm³/mol. The summed E-state index contributed by atoms with van der Waals surface area (Å²) < 4.78 is 14.0. The average molecular weight is 524 g/mol. The van der Waals surface area contributed by atoms with Gasteiger partial charge in [0, 0.05) is 17.8 Å². The molecule has 2 aromatic carbocycles. The lowest BCUT2D eigenvalue weighted by molar-refractivity contribution is 0.0924. The molecule has 1 heterocycles. The van der Waals surface area contributed by atoms with Crippen molar-refractivity contribution in [2.75, 3.05) is 19.1 Å². The van der Waals surface area contributed by atoms with Crippen LogP contribution in [0.4, 0.5) is 0 Å². The Bertz CT molecular complexity index is 980. The zero-order chi connectivity index (χ0) is 23.1. The number of aliphatic hydroxyl groups excluding tert-OH is 2. The molecule has 0 saturated heterocycles. The van der Waals surface area contributed by atoms with Gasteiger partial charge in [0.2, 0.25) is 0 Å². The number of benzene rings is 2. The molecule has 0 bridgehead atoms. The second kappa shape index (κ2) is 11.2. The van der Waals surface area contributed by atoms with E-state index in [-0.39, 0.29) is 24.5 Å². The van der Waals surface area contributed by atoms with E-state index in [1.165, 1.54) is 0 Å². The summed E-state index contributed by atoms with van der Waals surface area (Å²) in [6.45, 7) is 5.08. The normalized spacial score (nSPS) is 13.6. The van der Waals surface area contributed by atoms with Crippen LogP contribution in [0.3, 0.4) is 0 Å². The number of hydrogen-bond donors (Lipinski definition) is 2. The van der Waals surface area contributed by atoms with Gasteiger partial charge in [-0.2, -0.15) is 0 Å². The molecule has 8 heteroatoms. The van der Waals surface area contributed by atoms with Crippen molar-refractivity contribution in [2.45, 2.75) is 38.0 Å². The Balaban J connectivity index is 1.62. The second-order valence-electron chi connectivity index (χ2n) is 8.14. The Morgan fingerprint density at radius 1 is 1.03 bits per heavy atom. The summed E-state index contributed by atoms with van der Waals surface area (Å²) in [5.41, 5.74) is 1.98. The number of aromatic nitrogens is 2. The topological polar surface area (TPSA) is 76.7 Å². The van der Waals surface area contributed by atoms with Crippen LogP contribution in [0.15, 0.2) is 65.7 Å². The highest BCUT2D eigenvalue weighted by Gasteiger charge is 2.24. The number of rotatable bonds is 11. The van der Waals surface area contributed by atoms with Crippen LogP contribution >= 0.6 is 27.5 Å². The molecule has 3 aromatic rings. The zero-order valence-corrected chi connectivity index (χ0v) is 20.5. The fraction of sp³-hybridized carbons (Fsp3) is 0.375. The third kappa shape index (κ3) is 6.48. The Morgan fingerprint density at radius 3 is 2.34 bits per heavy atom. The van der Waals surface area contributed by atoms with Crippen LogP contribution < -0.4 is 9.47 Å². The van der Waals surface area contributed by atoms with Gasteiger partial charge in [-0.1, -0.05) is 32.0 Å². The van der Waals surface area contributed by atoms with E-state index in [0.717, 1.165) is 15.6 Å². The SMILES string of the molecule is CC(C)(c1ccc(OC[C@H](O)Cn2ccnc2)cc1)c1ccc(OC[C@@H](O)CCl)c(Br)c1. The van der Waals surface area contributed by atoms with E-state index in [1.54, 1.807) is 18.7 Å². The van der Waals surface area contributed by atoms with Gasteiger partial charge in [0.15, 0.2) is 0 Å². The maximum absolute atomic E-state index is 10.1. The molecule has 0 aliphatic rings. The number of nitrogens with zero attached hydrogens (tertiary/aromatic N) is 2. The first-order valence-electron chi connectivity index (χ1n) is 10.3. The monoisotopic (exact) mass is 522 g/mol. The summed E-state index contributed by atoms with van der Waals surface area (Å²) in [7, 11) is 0. The molecule has 0 aliphatic heterocycles. The van der Waals surface area contributed by atoms with E-state index in [9.17, 15) is 10.2 Å². The van der Waals surface area contributed by atoms with Crippen molar-refractivity contribution >= 4 is 27.5 Å². The molecule has 0 fully saturated rings. The minimum atomic E-state index is -0.701. The largest absolute Gasteiger partial charge is 0.491 e. The lowest BCUT2D eigenvalue weighted by Gasteiger charge is -2.27. The highest BCUT2D eigenvalue weighted by atomic mass is 79.9. The van der Waals surface area contributed by atoms with E-state index in [0.29, 0.717) is 18.0 Å². The zero-order valence-electron chi connectivity index (χ0n) is 18.1. The molecule has 0 unspecified atom stereocenters. The molecule has 0 radical (unpaired) electrons. The molecular formula is C24H28BrClN2O4. The lowest BCUT2D eigenvalue weighted by atomic mass is 9.78. The number of ether oxygens (including phenoxy) is 2. The van der Waals surface area contributed by atoms with E-state index in [1.807, 2.05) is 47.0 Å². The van der Waals surface area contributed by atoms with E-state index < -0.39 is 12.2 Å². The molecule has 2 N–H and O–H groups in total. The first-order chi connectivity index (χ1) is 15.3. The fourth-order valence-electron chi connectivity index (χ4n) is 3.25. The van der Waals surface area contributed by atoms with E-state index in [2.05, 4.69) is 34.8 Å². The van der Waals surface area contributed by atoms with Gasteiger partial charge in [0.05, 0.1) is 23.2 Å². The van der Waals surface area contributed by atoms with E-state index >= 15 is 0 Å². The summed E-state index contributed by atoms with van der Waals surface area (Å²) in [5, 5.41) is 19.7. The highest BCUT2D eigenvalue weighted by Crippen LogP contribution is 2.36. The van der Waals surface area contributed by atoms with Crippen LogP contribution in [0.5, 0.6) is 11.5 Å². The quantitative estimate of drug-likeness (QED) is 0.365. The van der Waals surface area contributed by atoms with Crippen LogP contribution in [0.1, 0.15) is 25.0 Å². The number of halogens is 2. The minimum absolute atomic E-state index is 0.131. The van der Waals surface area contributed by atoms with Crippen LogP contribution in [-0.2, 0) is 12.0 Å². The number of aliphatic hydroxyl groups is 2. The highest BCUT2D eigenvalue weighted by molar-refractivity contribution is 9.10. The van der Waals surface area contributed by atoms with Crippen molar-refractivity contribution in [3.8, 4) is 11.5 Å². The van der Waals surface area contributed by atoms with E-state index in [4.69, 9.17) is 21.1 Å².